The van der Waals surface area contributed by atoms with Crippen LogP contribution in [0, 0.1) is 5.92 Å². The van der Waals surface area contributed by atoms with Crippen molar-refractivity contribution in [2.75, 3.05) is 6.54 Å². The molecule has 2 rings (SSSR count). The van der Waals surface area contributed by atoms with Gasteiger partial charge in [0.2, 0.25) is 11.8 Å². The second-order valence-corrected chi connectivity index (χ2v) is 5.08. The van der Waals surface area contributed by atoms with E-state index in [4.69, 9.17) is 0 Å². The third kappa shape index (κ3) is 1.73. The van der Waals surface area contributed by atoms with E-state index >= 15 is 0 Å². The molecule has 1 N–H and O–H groups in total. The minimum Gasteiger partial charge on any atom is -0.341 e. The molecule has 1 heterocycles. The molecular formula is C11H18N2O2. The monoisotopic (exact) mass is 210 g/mol. The first kappa shape index (κ1) is 10.5. The Kier molecular flexibility index (Phi) is 2.24. The maximum absolute atomic E-state index is 12.0. The molecule has 0 aromatic rings. The van der Waals surface area contributed by atoms with Gasteiger partial charge in [-0.1, -0.05) is 13.3 Å². The average Bonchev–Trinajstić information content (AvgIpc) is 2.89. The number of rotatable bonds is 2. The van der Waals surface area contributed by atoms with E-state index < -0.39 is 5.54 Å². The van der Waals surface area contributed by atoms with Gasteiger partial charge in [0.05, 0.1) is 6.54 Å². The molecule has 2 fully saturated rings. The molecule has 2 unspecified atom stereocenters. The van der Waals surface area contributed by atoms with Crippen LogP contribution >= 0.6 is 0 Å². The summed E-state index contributed by atoms with van der Waals surface area (Å²) >= 11 is 0. The third-order valence-electron chi connectivity index (χ3n) is 3.37. The summed E-state index contributed by atoms with van der Waals surface area (Å²) in [6.07, 6.45) is 2.15. The SMILES string of the molecule is CCC1CC1N1CC(=O)NC(C)(C)C1=O. The number of nitrogens with zero attached hydrogens (tertiary/aromatic N) is 1. The van der Waals surface area contributed by atoms with Gasteiger partial charge in [0.25, 0.3) is 0 Å². The highest BCUT2D eigenvalue weighted by Gasteiger charge is 2.49. The quantitative estimate of drug-likeness (QED) is 0.722. The molecule has 4 nitrogen and oxygen atoms in total. The van der Waals surface area contributed by atoms with Crippen molar-refractivity contribution >= 4 is 11.8 Å². The minimum absolute atomic E-state index is 0.0404. The number of carbonyl (C=O) groups excluding carboxylic acids is 2. The first-order valence-corrected chi connectivity index (χ1v) is 5.58. The number of hydrogen-bond donors (Lipinski definition) is 1. The van der Waals surface area contributed by atoms with Gasteiger partial charge >= 0.3 is 0 Å². The standard InChI is InChI=1S/C11H18N2O2/c1-4-7-5-8(7)13-6-9(14)12-11(2,3)10(13)15/h7-8H,4-6H2,1-3H3,(H,12,14). The Hall–Kier alpha value is -1.06. The molecule has 1 aliphatic heterocycles. The summed E-state index contributed by atoms with van der Waals surface area (Å²) in [5, 5.41) is 2.72. The Morgan fingerprint density at radius 1 is 1.47 bits per heavy atom. The molecule has 2 amide bonds. The summed E-state index contributed by atoms with van der Waals surface area (Å²) in [5.41, 5.74) is -0.726. The molecule has 0 spiro atoms. The summed E-state index contributed by atoms with van der Waals surface area (Å²) in [7, 11) is 0. The van der Waals surface area contributed by atoms with Gasteiger partial charge in [0, 0.05) is 6.04 Å². The van der Waals surface area contributed by atoms with E-state index in [2.05, 4.69) is 12.2 Å². The zero-order valence-electron chi connectivity index (χ0n) is 9.54. The van der Waals surface area contributed by atoms with Crippen LogP contribution in [-0.4, -0.2) is 34.8 Å². The Labute approximate surface area is 90.0 Å². The zero-order valence-corrected chi connectivity index (χ0v) is 9.54. The van der Waals surface area contributed by atoms with Gasteiger partial charge in [0.1, 0.15) is 5.54 Å². The van der Waals surface area contributed by atoms with Crippen molar-refractivity contribution in [2.45, 2.75) is 45.2 Å². The van der Waals surface area contributed by atoms with Crippen LogP contribution in [-0.2, 0) is 9.59 Å². The summed E-state index contributed by atoms with van der Waals surface area (Å²) in [5.74, 6) is 0.625. The minimum atomic E-state index is -0.726. The molecule has 0 radical (unpaired) electrons. The van der Waals surface area contributed by atoms with Crippen LogP contribution in [0.2, 0.25) is 0 Å². The van der Waals surface area contributed by atoms with E-state index in [0.717, 1.165) is 12.8 Å². The zero-order chi connectivity index (χ0) is 11.2. The summed E-state index contributed by atoms with van der Waals surface area (Å²) in [6, 6.07) is 0.313. The number of amides is 2. The fourth-order valence-electron chi connectivity index (χ4n) is 2.35. The second-order valence-electron chi connectivity index (χ2n) is 5.08. The Morgan fingerprint density at radius 2 is 2.13 bits per heavy atom. The van der Waals surface area contributed by atoms with Gasteiger partial charge in [-0.05, 0) is 26.2 Å². The van der Waals surface area contributed by atoms with E-state index in [1.54, 1.807) is 18.7 Å². The molecule has 15 heavy (non-hydrogen) atoms. The van der Waals surface area contributed by atoms with Crippen LogP contribution in [0.25, 0.3) is 0 Å². The van der Waals surface area contributed by atoms with E-state index in [9.17, 15) is 9.59 Å². The fraction of sp³-hybridized carbons (Fsp3) is 0.818. The fourth-order valence-corrected chi connectivity index (χ4v) is 2.35. The van der Waals surface area contributed by atoms with Crippen LogP contribution in [0.1, 0.15) is 33.6 Å². The van der Waals surface area contributed by atoms with Crippen molar-refractivity contribution in [3.8, 4) is 0 Å². The van der Waals surface area contributed by atoms with Crippen LogP contribution in [0.4, 0.5) is 0 Å². The van der Waals surface area contributed by atoms with E-state index in [1.807, 2.05) is 0 Å². The van der Waals surface area contributed by atoms with Gasteiger partial charge in [-0.15, -0.1) is 0 Å². The van der Waals surface area contributed by atoms with Gasteiger partial charge in [0.15, 0.2) is 0 Å². The lowest BCUT2D eigenvalue weighted by Gasteiger charge is -2.37. The number of nitrogens with one attached hydrogen (secondary N) is 1. The van der Waals surface area contributed by atoms with Crippen molar-refractivity contribution in [2.24, 2.45) is 5.92 Å². The van der Waals surface area contributed by atoms with Crippen LogP contribution in [0.5, 0.6) is 0 Å². The third-order valence-corrected chi connectivity index (χ3v) is 3.37. The molecule has 1 aliphatic carbocycles. The predicted octanol–water partition coefficient (Wildman–Crippen LogP) is 0.522. The molecule has 1 saturated heterocycles. The van der Waals surface area contributed by atoms with E-state index in [1.165, 1.54) is 0 Å². The van der Waals surface area contributed by atoms with Gasteiger partial charge in [-0.3, -0.25) is 9.59 Å². The summed E-state index contributed by atoms with van der Waals surface area (Å²) < 4.78 is 0. The molecule has 0 aromatic heterocycles. The number of carbonyl (C=O) groups is 2. The normalized spacial score (nSPS) is 33.9. The first-order chi connectivity index (χ1) is 6.95. The smallest absolute Gasteiger partial charge is 0.248 e. The maximum Gasteiger partial charge on any atom is 0.248 e. The lowest BCUT2D eigenvalue weighted by Crippen LogP contribution is -2.64. The van der Waals surface area contributed by atoms with Crippen molar-refractivity contribution in [3.05, 3.63) is 0 Å². The van der Waals surface area contributed by atoms with Crippen molar-refractivity contribution < 1.29 is 9.59 Å². The van der Waals surface area contributed by atoms with Crippen molar-refractivity contribution in [1.29, 1.82) is 0 Å². The van der Waals surface area contributed by atoms with E-state index in [0.29, 0.717) is 12.0 Å². The van der Waals surface area contributed by atoms with Crippen LogP contribution < -0.4 is 5.32 Å². The largest absolute Gasteiger partial charge is 0.341 e. The van der Waals surface area contributed by atoms with Gasteiger partial charge in [-0.2, -0.15) is 0 Å². The van der Waals surface area contributed by atoms with E-state index in [-0.39, 0.29) is 18.4 Å². The molecule has 4 heteroatoms. The number of piperazine rings is 1. The summed E-state index contributed by atoms with van der Waals surface area (Å²) in [6.45, 7) is 5.90. The first-order valence-electron chi connectivity index (χ1n) is 5.58. The lowest BCUT2D eigenvalue weighted by atomic mass is 10.0. The summed E-state index contributed by atoms with van der Waals surface area (Å²) in [4.78, 5) is 25.3. The molecule has 1 saturated carbocycles. The van der Waals surface area contributed by atoms with Crippen LogP contribution in [0.15, 0.2) is 0 Å². The van der Waals surface area contributed by atoms with Crippen molar-refractivity contribution in [1.82, 2.24) is 10.2 Å². The molecule has 0 bridgehead atoms. The Bertz CT molecular complexity index is 312. The molecular weight excluding hydrogens is 192 g/mol. The topological polar surface area (TPSA) is 49.4 Å². The Morgan fingerprint density at radius 3 is 2.67 bits per heavy atom. The molecule has 0 aromatic carbocycles. The maximum atomic E-state index is 12.0. The van der Waals surface area contributed by atoms with Gasteiger partial charge < -0.3 is 10.2 Å². The molecule has 84 valence electrons. The predicted molar refractivity (Wildman–Crippen MR) is 56.1 cm³/mol. The highest BCUT2D eigenvalue weighted by molar-refractivity contribution is 5.97. The average molecular weight is 210 g/mol. The molecule has 2 aliphatic rings. The van der Waals surface area contributed by atoms with Gasteiger partial charge in [-0.25, -0.2) is 0 Å². The second kappa shape index (κ2) is 3.22. The highest BCUT2D eigenvalue weighted by atomic mass is 16.2. The lowest BCUT2D eigenvalue weighted by molar-refractivity contribution is -0.149. The molecule has 2 atom stereocenters. The Balaban J connectivity index is 2.11. The highest BCUT2D eigenvalue weighted by Crippen LogP contribution is 2.39. The van der Waals surface area contributed by atoms with Crippen LogP contribution in [0.3, 0.4) is 0 Å². The number of hydrogen-bond acceptors (Lipinski definition) is 2. The van der Waals surface area contributed by atoms with Crippen molar-refractivity contribution in [3.63, 3.8) is 0 Å².